The lowest BCUT2D eigenvalue weighted by Crippen LogP contribution is -2.34. The standard InChI is InChI=1S/C25H24ClN5O/c1-31-24(32)22(19-8-5-9-20(26)15-19)23(18-10-12-28-13-11-18)30-25(31)29-16-21(27)14-17-6-3-2-4-7-17/h2-13,15,21H,14,16,27H2,1H3,(H,29,30)/t21-/m0/s1. The molecule has 0 amide bonds. The minimum Gasteiger partial charge on any atom is -0.354 e. The van der Waals surface area contributed by atoms with E-state index in [2.05, 4.69) is 22.4 Å². The maximum Gasteiger partial charge on any atom is 0.263 e. The third-order valence-electron chi connectivity index (χ3n) is 5.22. The Morgan fingerprint density at radius 2 is 1.78 bits per heavy atom. The number of halogens is 1. The van der Waals surface area contributed by atoms with E-state index in [1.807, 2.05) is 42.5 Å². The van der Waals surface area contributed by atoms with Crippen molar-refractivity contribution in [3.63, 3.8) is 0 Å². The molecular formula is C25H24ClN5O. The van der Waals surface area contributed by atoms with Crippen LogP contribution in [0.2, 0.25) is 5.02 Å². The summed E-state index contributed by atoms with van der Waals surface area (Å²) in [6.45, 7) is 0.474. The van der Waals surface area contributed by atoms with Crippen LogP contribution in [0.4, 0.5) is 5.95 Å². The van der Waals surface area contributed by atoms with Gasteiger partial charge in [-0.2, -0.15) is 0 Å². The number of anilines is 1. The number of nitrogens with one attached hydrogen (secondary N) is 1. The largest absolute Gasteiger partial charge is 0.354 e. The first-order valence-corrected chi connectivity index (χ1v) is 10.7. The van der Waals surface area contributed by atoms with Crippen LogP contribution in [0.15, 0.2) is 83.9 Å². The Morgan fingerprint density at radius 3 is 2.50 bits per heavy atom. The summed E-state index contributed by atoms with van der Waals surface area (Å²) in [6, 6.07) is 20.8. The van der Waals surface area contributed by atoms with Crippen molar-refractivity contribution in [2.75, 3.05) is 11.9 Å². The van der Waals surface area contributed by atoms with Gasteiger partial charge in [-0.1, -0.05) is 54.1 Å². The predicted molar refractivity (Wildman–Crippen MR) is 130 cm³/mol. The van der Waals surface area contributed by atoms with Crippen molar-refractivity contribution in [2.24, 2.45) is 12.8 Å². The Labute approximate surface area is 191 Å². The summed E-state index contributed by atoms with van der Waals surface area (Å²) in [4.78, 5) is 22.3. The predicted octanol–water partition coefficient (Wildman–Crippen LogP) is 4.14. The molecule has 0 saturated heterocycles. The van der Waals surface area contributed by atoms with Gasteiger partial charge in [0.1, 0.15) is 0 Å². The van der Waals surface area contributed by atoms with E-state index < -0.39 is 0 Å². The first-order valence-electron chi connectivity index (χ1n) is 10.3. The topological polar surface area (TPSA) is 85.8 Å². The van der Waals surface area contributed by atoms with Crippen LogP contribution >= 0.6 is 11.6 Å². The molecule has 2 aromatic carbocycles. The Kier molecular flexibility index (Phi) is 6.63. The van der Waals surface area contributed by atoms with Crippen molar-refractivity contribution in [1.82, 2.24) is 14.5 Å². The van der Waals surface area contributed by atoms with E-state index in [-0.39, 0.29) is 11.6 Å². The quantitative estimate of drug-likeness (QED) is 0.446. The summed E-state index contributed by atoms with van der Waals surface area (Å²) in [5, 5.41) is 3.81. The van der Waals surface area contributed by atoms with Gasteiger partial charge in [-0.3, -0.25) is 14.3 Å². The van der Waals surface area contributed by atoms with Gasteiger partial charge in [0.15, 0.2) is 0 Å². The molecule has 32 heavy (non-hydrogen) atoms. The molecule has 0 saturated carbocycles. The highest BCUT2D eigenvalue weighted by Crippen LogP contribution is 2.30. The molecular weight excluding hydrogens is 422 g/mol. The molecule has 0 aliphatic rings. The van der Waals surface area contributed by atoms with Crippen molar-refractivity contribution in [3.05, 3.63) is 100 Å². The van der Waals surface area contributed by atoms with Crippen molar-refractivity contribution in [1.29, 1.82) is 0 Å². The van der Waals surface area contributed by atoms with Crippen molar-refractivity contribution < 1.29 is 0 Å². The fourth-order valence-electron chi connectivity index (χ4n) is 3.59. The Morgan fingerprint density at radius 1 is 1.03 bits per heavy atom. The number of aromatic nitrogens is 3. The highest BCUT2D eigenvalue weighted by Gasteiger charge is 2.18. The average molecular weight is 446 g/mol. The summed E-state index contributed by atoms with van der Waals surface area (Å²) in [6.07, 6.45) is 4.08. The van der Waals surface area contributed by atoms with Crippen LogP contribution in [0.25, 0.3) is 22.4 Å². The first-order chi connectivity index (χ1) is 15.5. The van der Waals surface area contributed by atoms with E-state index in [0.29, 0.717) is 34.3 Å². The number of nitrogens with two attached hydrogens (primary N) is 1. The summed E-state index contributed by atoms with van der Waals surface area (Å²) < 4.78 is 1.51. The third-order valence-corrected chi connectivity index (χ3v) is 5.46. The van der Waals surface area contributed by atoms with E-state index in [9.17, 15) is 4.79 Å². The van der Waals surface area contributed by atoms with Crippen LogP contribution in [0.1, 0.15) is 5.56 Å². The number of benzene rings is 2. The zero-order valence-electron chi connectivity index (χ0n) is 17.7. The third kappa shape index (κ3) is 4.88. The zero-order valence-corrected chi connectivity index (χ0v) is 18.5. The SMILES string of the molecule is Cn1c(NC[C@@H](N)Cc2ccccc2)nc(-c2ccncc2)c(-c2cccc(Cl)c2)c1=O. The number of hydrogen-bond donors (Lipinski definition) is 2. The van der Waals surface area contributed by atoms with E-state index in [4.69, 9.17) is 22.3 Å². The Balaban J connectivity index is 1.70. The van der Waals surface area contributed by atoms with Gasteiger partial charge in [0.25, 0.3) is 5.56 Å². The van der Waals surface area contributed by atoms with E-state index >= 15 is 0 Å². The van der Waals surface area contributed by atoms with Crippen LogP contribution in [0.5, 0.6) is 0 Å². The number of hydrogen-bond acceptors (Lipinski definition) is 5. The molecule has 2 aromatic heterocycles. The van der Waals surface area contributed by atoms with Crippen LogP contribution in [-0.4, -0.2) is 27.1 Å². The van der Waals surface area contributed by atoms with Gasteiger partial charge in [0.05, 0.1) is 11.3 Å². The molecule has 0 radical (unpaired) electrons. The van der Waals surface area contributed by atoms with E-state index in [1.54, 1.807) is 31.6 Å². The minimum absolute atomic E-state index is 0.133. The number of rotatable bonds is 7. The second-order valence-corrected chi connectivity index (χ2v) is 8.04. The molecule has 0 fully saturated rings. The summed E-state index contributed by atoms with van der Waals surface area (Å²) in [5.41, 5.74) is 9.88. The molecule has 1 atom stereocenters. The lowest BCUT2D eigenvalue weighted by Gasteiger charge is -2.18. The molecule has 4 aromatic rings. The molecule has 6 nitrogen and oxygen atoms in total. The number of pyridine rings is 1. The molecule has 2 heterocycles. The second-order valence-electron chi connectivity index (χ2n) is 7.60. The molecule has 162 valence electrons. The van der Waals surface area contributed by atoms with Crippen LogP contribution in [-0.2, 0) is 13.5 Å². The van der Waals surface area contributed by atoms with Crippen molar-refractivity contribution in [2.45, 2.75) is 12.5 Å². The highest BCUT2D eigenvalue weighted by atomic mass is 35.5. The lowest BCUT2D eigenvalue weighted by molar-refractivity contribution is 0.688. The van der Waals surface area contributed by atoms with Gasteiger partial charge in [-0.25, -0.2) is 4.98 Å². The van der Waals surface area contributed by atoms with Gasteiger partial charge in [-0.05, 0) is 41.8 Å². The number of nitrogens with zero attached hydrogens (tertiary/aromatic N) is 3. The molecule has 4 rings (SSSR count). The van der Waals surface area contributed by atoms with Crippen LogP contribution < -0.4 is 16.6 Å². The van der Waals surface area contributed by atoms with Crippen LogP contribution in [0, 0.1) is 0 Å². The molecule has 7 heteroatoms. The minimum atomic E-state index is -0.173. The van der Waals surface area contributed by atoms with Gasteiger partial charge in [0, 0.05) is 42.6 Å². The normalized spacial score (nSPS) is 11.8. The average Bonchev–Trinajstić information content (AvgIpc) is 2.81. The van der Waals surface area contributed by atoms with Crippen LogP contribution in [0.3, 0.4) is 0 Å². The Hall–Kier alpha value is -3.48. The summed E-state index contributed by atoms with van der Waals surface area (Å²) in [5.74, 6) is 0.455. The second kappa shape index (κ2) is 9.77. The molecule has 3 N–H and O–H groups in total. The lowest BCUT2D eigenvalue weighted by atomic mass is 10.0. The van der Waals surface area contributed by atoms with Gasteiger partial charge < -0.3 is 11.1 Å². The van der Waals surface area contributed by atoms with Gasteiger partial charge in [0.2, 0.25) is 5.95 Å². The van der Waals surface area contributed by atoms with E-state index in [0.717, 1.165) is 17.5 Å². The van der Waals surface area contributed by atoms with Crippen molar-refractivity contribution >= 4 is 17.5 Å². The monoisotopic (exact) mass is 445 g/mol. The summed E-state index contributed by atoms with van der Waals surface area (Å²) >= 11 is 6.20. The molecule has 0 bridgehead atoms. The van der Waals surface area contributed by atoms with Gasteiger partial charge >= 0.3 is 0 Å². The fourth-order valence-corrected chi connectivity index (χ4v) is 3.78. The molecule has 0 aliphatic carbocycles. The van der Waals surface area contributed by atoms with Crippen molar-refractivity contribution in [3.8, 4) is 22.4 Å². The van der Waals surface area contributed by atoms with E-state index in [1.165, 1.54) is 4.57 Å². The Bertz CT molecular complexity index is 1260. The molecule has 0 spiro atoms. The zero-order chi connectivity index (χ0) is 22.5. The maximum atomic E-state index is 13.4. The highest BCUT2D eigenvalue weighted by molar-refractivity contribution is 6.30. The summed E-state index contributed by atoms with van der Waals surface area (Å²) in [7, 11) is 1.70. The smallest absolute Gasteiger partial charge is 0.263 e. The first kappa shape index (κ1) is 21.7. The maximum absolute atomic E-state index is 13.4. The molecule has 0 unspecified atom stereocenters. The van der Waals surface area contributed by atoms with Gasteiger partial charge in [-0.15, -0.1) is 0 Å². The molecule has 0 aliphatic heterocycles. The fraction of sp³-hybridized carbons (Fsp3) is 0.160.